The standard InChI is InChI=1S/C13H21NO5S/c1-20(18,19)9-12(5-6-12)8-14-10(15)7-13(11(16)17)3-2-4-13/h2-9H2,1H3,(H,14,15)(H,16,17). The summed E-state index contributed by atoms with van der Waals surface area (Å²) < 4.78 is 22.6. The molecule has 1 amide bonds. The number of rotatable bonds is 7. The van der Waals surface area contributed by atoms with E-state index in [4.69, 9.17) is 5.11 Å². The molecule has 114 valence electrons. The highest BCUT2D eigenvalue weighted by atomic mass is 32.2. The fourth-order valence-corrected chi connectivity index (χ4v) is 4.33. The van der Waals surface area contributed by atoms with Crippen molar-refractivity contribution in [2.24, 2.45) is 10.8 Å². The van der Waals surface area contributed by atoms with Crippen molar-refractivity contribution in [3.63, 3.8) is 0 Å². The van der Waals surface area contributed by atoms with Crippen LogP contribution >= 0.6 is 0 Å². The lowest BCUT2D eigenvalue weighted by atomic mass is 9.66. The Balaban J connectivity index is 1.83. The van der Waals surface area contributed by atoms with Gasteiger partial charge in [0.15, 0.2) is 0 Å². The number of carboxylic acid groups (broad SMARTS) is 1. The van der Waals surface area contributed by atoms with E-state index in [1.807, 2.05) is 0 Å². The largest absolute Gasteiger partial charge is 0.481 e. The summed E-state index contributed by atoms with van der Waals surface area (Å²) in [5.74, 6) is -1.10. The molecule has 2 saturated carbocycles. The number of aliphatic carboxylic acids is 1. The zero-order chi connectivity index (χ0) is 15.0. The number of hydrogen-bond acceptors (Lipinski definition) is 4. The summed E-state index contributed by atoms with van der Waals surface area (Å²) >= 11 is 0. The molecule has 0 spiro atoms. The summed E-state index contributed by atoms with van der Waals surface area (Å²) in [7, 11) is -3.05. The number of hydrogen-bond donors (Lipinski definition) is 2. The zero-order valence-electron chi connectivity index (χ0n) is 11.6. The minimum Gasteiger partial charge on any atom is -0.481 e. The summed E-state index contributed by atoms with van der Waals surface area (Å²) in [5.41, 5.74) is -1.21. The van der Waals surface area contributed by atoms with E-state index in [-0.39, 0.29) is 23.5 Å². The average Bonchev–Trinajstić information content (AvgIpc) is 2.98. The summed E-state index contributed by atoms with van der Waals surface area (Å²) in [6, 6.07) is 0. The highest BCUT2D eigenvalue weighted by Crippen LogP contribution is 2.47. The lowest BCUT2D eigenvalue weighted by molar-refractivity contribution is -0.157. The van der Waals surface area contributed by atoms with Crippen LogP contribution in [0.2, 0.25) is 0 Å². The molecule has 2 aliphatic rings. The first-order valence-corrected chi connectivity index (χ1v) is 8.90. The van der Waals surface area contributed by atoms with Crippen LogP contribution in [-0.2, 0) is 19.4 Å². The molecule has 0 aromatic heterocycles. The third kappa shape index (κ3) is 3.50. The Morgan fingerprint density at radius 3 is 2.15 bits per heavy atom. The van der Waals surface area contributed by atoms with Crippen LogP contribution in [0.1, 0.15) is 38.5 Å². The fraction of sp³-hybridized carbons (Fsp3) is 0.846. The van der Waals surface area contributed by atoms with Crippen molar-refractivity contribution in [1.29, 1.82) is 0 Å². The number of carbonyl (C=O) groups excluding carboxylic acids is 1. The number of sulfone groups is 1. The second-order valence-electron chi connectivity index (χ2n) is 6.46. The van der Waals surface area contributed by atoms with Crippen molar-refractivity contribution in [2.45, 2.75) is 38.5 Å². The van der Waals surface area contributed by atoms with Crippen molar-refractivity contribution in [1.82, 2.24) is 5.32 Å². The first-order chi connectivity index (χ1) is 9.17. The highest BCUT2D eigenvalue weighted by Gasteiger charge is 2.48. The van der Waals surface area contributed by atoms with Crippen molar-refractivity contribution < 1.29 is 23.1 Å². The molecule has 0 saturated heterocycles. The Morgan fingerprint density at radius 1 is 1.20 bits per heavy atom. The molecule has 0 radical (unpaired) electrons. The molecule has 2 aliphatic carbocycles. The Labute approximate surface area is 118 Å². The van der Waals surface area contributed by atoms with Crippen LogP contribution < -0.4 is 5.32 Å². The van der Waals surface area contributed by atoms with Gasteiger partial charge < -0.3 is 10.4 Å². The SMILES string of the molecule is CS(=O)(=O)CC1(CNC(=O)CC2(C(=O)O)CCC2)CC1. The molecule has 0 heterocycles. The van der Waals surface area contributed by atoms with Gasteiger partial charge in [-0.1, -0.05) is 6.42 Å². The summed E-state index contributed by atoms with van der Waals surface area (Å²) in [5, 5.41) is 11.9. The van der Waals surface area contributed by atoms with Gasteiger partial charge in [0.2, 0.25) is 5.91 Å². The number of carboxylic acids is 1. The summed E-state index contributed by atoms with van der Waals surface area (Å²) in [6.45, 7) is 0.328. The van der Waals surface area contributed by atoms with Gasteiger partial charge in [0.25, 0.3) is 0 Å². The number of nitrogens with one attached hydrogen (secondary N) is 1. The molecule has 0 aromatic carbocycles. The lowest BCUT2D eigenvalue weighted by Crippen LogP contribution is -2.43. The lowest BCUT2D eigenvalue weighted by Gasteiger charge is -2.37. The van der Waals surface area contributed by atoms with Gasteiger partial charge in [-0.15, -0.1) is 0 Å². The summed E-state index contributed by atoms with van der Waals surface area (Å²) in [4.78, 5) is 23.1. The van der Waals surface area contributed by atoms with Gasteiger partial charge in [-0.2, -0.15) is 0 Å². The van der Waals surface area contributed by atoms with Gasteiger partial charge in [0.05, 0.1) is 11.2 Å². The third-order valence-corrected chi connectivity index (χ3v) is 5.59. The van der Waals surface area contributed by atoms with E-state index in [1.54, 1.807) is 0 Å². The Bertz CT molecular complexity index is 517. The average molecular weight is 303 g/mol. The van der Waals surface area contributed by atoms with Crippen molar-refractivity contribution in [2.75, 3.05) is 18.6 Å². The van der Waals surface area contributed by atoms with E-state index in [1.165, 1.54) is 6.26 Å². The van der Waals surface area contributed by atoms with Gasteiger partial charge in [0, 0.05) is 24.6 Å². The van der Waals surface area contributed by atoms with Gasteiger partial charge >= 0.3 is 5.97 Å². The van der Waals surface area contributed by atoms with Crippen molar-refractivity contribution >= 4 is 21.7 Å². The van der Waals surface area contributed by atoms with E-state index < -0.39 is 21.2 Å². The minimum atomic E-state index is -3.05. The van der Waals surface area contributed by atoms with Gasteiger partial charge in [-0.3, -0.25) is 9.59 Å². The van der Waals surface area contributed by atoms with E-state index >= 15 is 0 Å². The molecule has 2 rings (SSSR count). The van der Waals surface area contributed by atoms with E-state index in [0.717, 1.165) is 19.3 Å². The predicted molar refractivity (Wildman–Crippen MR) is 72.9 cm³/mol. The molecule has 6 nitrogen and oxygen atoms in total. The maximum Gasteiger partial charge on any atom is 0.310 e. The highest BCUT2D eigenvalue weighted by molar-refractivity contribution is 7.90. The first kappa shape index (κ1) is 15.3. The molecule has 0 unspecified atom stereocenters. The van der Waals surface area contributed by atoms with Crippen molar-refractivity contribution in [3.05, 3.63) is 0 Å². The molecule has 0 atom stereocenters. The third-order valence-electron chi connectivity index (χ3n) is 4.45. The van der Waals surface area contributed by atoms with Gasteiger partial charge in [-0.05, 0) is 25.7 Å². The molecule has 0 bridgehead atoms. The van der Waals surface area contributed by atoms with Crippen LogP contribution in [0.25, 0.3) is 0 Å². The molecule has 7 heteroatoms. The summed E-state index contributed by atoms with van der Waals surface area (Å²) in [6.07, 6.45) is 4.72. The Morgan fingerprint density at radius 2 is 1.80 bits per heavy atom. The maximum atomic E-state index is 11.9. The molecule has 0 aromatic rings. The molecular weight excluding hydrogens is 282 g/mol. The van der Waals surface area contributed by atoms with Gasteiger partial charge in [-0.25, -0.2) is 8.42 Å². The molecular formula is C13H21NO5S. The van der Waals surface area contributed by atoms with E-state index in [0.29, 0.717) is 19.4 Å². The number of carbonyl (C=O) groups is 2. The van der Waals surface area contributed by atoms with E-state index in [9.17, 15) is 18.0 Å². The second kappa shape index (κ2) is 5.02. The Hall–Kier alpha value is -1.11. The van der Waals surface area contributed by atoms with E-state index in [2.05, 4.69) is 5.32 Å². The number of amides is 1. The molecule has 20 heavy (non-hydrogen) atoms. The first-order valence-electron chi connectivity index (χ1n) is 6.84. The monoisotopic (exact) mass is 303 g/mol. The predicted octanol–water partition coefficient (Wildman–Crippen LogP) is 0.572. The van der Waals surface area contributed by atoms with Crippen LogP contribution in [0.15, 0.2) is 0 Å². The topological polar surface area (TPSA) is 101 Å². The molecule has 2 fully saturated rings. The quantitative estimate of drug-likeness (QED) is 0.716. The minimum absolute atomic E-state index is 0.00269. The molecule has 0 aliphatic heterocycles. The van der Waals surface area contributed by atoms with Crippen molar-refractivity contribution in [3.8, 4) is 0 Å². The van der Waals surface area contributed by atoms with Crippen LogP contribution in [0.4, 0.5) is 0 Å². The smallest absolute Gasteiger partial charge is 0.310 e. The van der Waals surface area contributed by atoms with Crippen LogP contribution in [0.5, 0.6) is 0 Å². The molecule has 2 N–H and O–H groups in total. The van der Waals surface area contributed by atoms with Crippen LogP contribution in [0.3, 0.4) is 0 Å². The maximum absolute atomic E-state index is 11.9. The fourth-order valence-electron chi connectivity index (χ4n) is 2.83. The normalized spacial score (nSPS) is 22.6. The second-order valence-corrected chi connectivity index (χ2v) is 8.60. The van der Waals surface area contributed by atoms with Gasteiger partial charge in [0.1, 0.15) is 9.84 Å². The van der Waals surface area contributed by atoms with Crippen LogP contribution in [-0.4, -0.2) is 44.0 Å². The van der Waals surface area contributed by atoms with Crippen LogP contribution in [0, 0.1) is 10.8 Å². The zero-order valence-corrected chi connectivity index (χ0v) is 12.5. The Kier molecular flexibility index (Phi) is 3.83.